The van der Waals surface area contributed by atoms with Gasteiger partial charge in [0.2, 0.25) is 0 Å². The summed E-state index contributed by atoms with van der Waals surface area (Å²) in [5, 5.41) is 8.53. The van der Waals surface area contributed by atoms with Crippen molar-refractivity contribution in [3.05, 3.63) is 29.8 Å². The Morgan fingerprint density at radius 2 is 1.88 bits per heavy atom. The Morgan fingerprint density at radius 1 is 1.38 bits per heavy atom. The van der Waals surface area contributed by atoms with Crippen molar-refractivity contribution in [2.24, 2.45) is 0 Å². The van der Waals surface area contributed by atoms with Crippen LogP contribution in [0.25, 0.3) is 0 Å². The van der Waals surface area contributed by atoms with Gasteiger partial charge in [-0.2, -0.15) is 8.78 Å². The van der Waals surface area contributed by atoms with Gasteiger partial charge in [0.1, 0.15) is 5.75 Å². The molecule has 0 saturated carbocycles. The van der Waals surface area contributed by atoms with E-state index in [1.165, 1.54) is 0 Å². The molecule has 3 nitrogen and oxygen atoms in total. The molecule has 1 aromatic rings. The third-order valence-corrected chi connectivity index (χ3v) is 1.86. The second-order valence-electron chi connectivity index (χ2n) is 2.79. The Labute approximate surface area is 93.4 Å². The molecule has 0 fully saturated rings. The maximum atomic E-state index is 12.6. The van der Waals surface area contributed by atoms with Crippen molar-refractivity contribution in [2.45, 2.75) is 11.7 Å². The number of halogens is 4. The minimum absolute atomic E-state index is 0.0988. The molecule has 0 aliphatic heterocycles. The lowest BCUT2D eigenvalue weighted by Gasteiger charge is -2.17. The van der Waals surface area contributed by atoms with Gasteiger partial charge in [0, 0.05) is 0 Å². The molecule has 0 aromatic heterocycles. The normalized spacial score (nSPS) is 13.2. The Morgan fingerprint density at radius 3 is 2.25 bits per heavy atom. The first-order valence-corrected chi connectivity index (χ1v) is 4.45. The van der Waals surface area contributed by atoms with Gasteiger partial charge < -0.3 is 9.84 Å². The third kappa shape index (κ3) is 3.03. The van der Waals surface area contributed by atoms with Gasteiger partial charge in [-0.3, -0.25) is 0 Å². The topological polar surface area (TPSA) is 46.5 Å². The Balaban J connectivity index is 2.80. The lowest BCUT2D eigenvalue weighted by molar-refractivity contribution is -0.199. The highest BCUT2D eigenvalue weighted by Crippen LogP contribution is 2.28. The Kier molecular flexibility index (Phi) is 3.64. The molecule has 0 saturated heterocycles. The van der Waals surface area contributed by atoms with E-state index >= 15 is 0 Å². The van der Waals surface area contributed by atoms with E-state index in [2.05, 4.69) is 16.3 Å². The minimum atomic E-state index is -4.16. The number of rotatable bonds is 4. The van der Waals surface area contributed by atoms with Gasteiger partial charge in [-0.1, -0.05) is 11.6 Å². The minimum Gasteiger partial charge on any atom is -0.478 e. The van der Waals surface area contributed by atoms with Crippen LogP contribution in [0.4, 0.5) is 13.2 Å². The summed E-state index contributed by atoms with van der Waals surface area (Å²) in [6.07, 6.45) is -4.16. The van der Waals surface area contributed by atoms with E-state index in [1.54, 1.807) is 0 Å². The number of carboxylic acids is 1. The standard InChI is InChI=1S/C9H6ClF3O3/c10-8(11)9(12,13)16-6-3-1-5(2-4-6)7(14)15/h1-4,8H,(H,14,15). The van der Waals surface area contributed by atoms with Crippen LogP contribution >= 0.6 is 11.6 Å². The molecule has 0 aliphatic rings. The van der Waals surface area contributed by atoms with Crippen LogP contribution in [0.2, 0.25) is 0 Å². The van der Waals surface area contributed by atoms with Gasteiger partial charge in [0.25, 0.3) is 5.63 Å². The quantitative estimate of drug-likeness (QED) is 0.841. The summed E-state index contributed by atoms with van der Waals surface area (Å²) < 4.78 is 41.4. The van der Waals surface area contributed by atoms with E-state index in [4.69, 9.17) is 5.11 Å². The second-order valence-corrected chi connectivity index (χ2v) is 3.18. The van der Waals surface area contributed by atoms with Gasteiger partial charge >= 0.3 is 12.1 Å². The number of hydrogen-bond donors (Lipinski definition) is 1. The van der Waals surface area contributed by atoms with Gasteiger partial charge in [-0.15, -0.1) is 0 Å². The molecule has 0 heterocycles. The van der Waals surface area contributed by atoms with Gasteiger partial charge in [0.05, 0.1) is 5.56 Å². The van der Waals surface area contributed by atoms with E-state index in [0.29, 0.717) is 0 Å². The lowest BCUT2D eigenvalue weighted by Crippen LogP contribution is -2.32. The number of benzene rings is 1. The summed E-state index contributed by atoms with van der Waals surface area (Å²) >= 11 is 4.57. The van der Waals surface area contributed by atoms with E-state index in [-0.39, 0.29) is 11.3 Å². The number of aromatic carboxylic acids is 1. The van der Waals surface area contributed by atoms with E-state index < -0.39 is 17.7 Å². The fraction of sp³-hybridized carbons (Fsp3) is 0.222. The Hall–Kier alpha value is -1.43. The predicted octanol–water partition coefficient (Wildman–Crippen LogP) is 2.89. The summed E-state index contributed by atoms with van der Waals surface area (Å²) in [5.41, 5.74) is -3.08. The third-order valence-electron chi connectivity index (χ3n) is 1.61. The van der Waals surface area contributed by atoms with Crippen LogP contribution < -0.4 is 4.74 Å². The molecule has 88 valence electrons. The molecule has 0 bridgehead atoms. The zero-order valence-electron chi connectivity index (χ0n) is 7.66. The fourth-order valence-corrected chi connectivity index (χ4v) is 0.912. The Bertz CT molecular complexity index is 378. The zero-order valence-corrected chi connectivity index (χ0v) is 8.42. The van der Waals surface area contributed by atoms with Crippen molar-refractivity contribution in [3.8, 4) is 5.75 Å². The molecule has 7 heteroatoms. The SMILES string of the molecule is O=C(O)c1ccc(OC(F)(F)C(F)Cl)cc1. The van der Waals surface area contributed by atoms with Gasteiger partial charge in [-0.05, 0) is 24.3 Å². The average Bonchev–Trinajstić information content (AvgIpc) is 2.17. The van der Waals surface area contributed by atoms with Crippen molar-refractivity contribution in [1.29, 1.82) is 0 Å². The maximum Gasteiger partial charge on any atom is 0.444 e. The smallest absolute Gasteiger partial charge is 0.444 e. The van der Waals surface area contributed by atoms with Crippen molar-refractivity contribution in [2.75, 3.05) is 0 Å². The van der Waals surface area contributed by atoms with Crippen LogP contribution in [0.1, 0.15) is 10.4 Å². The molecule has 0 amide bonds. The highest BCUT2D eigenvalue weighted by molar-refractivity contribution is 6.20. The number of carbonyl (C=O) groups is 1. The maximum absolute atomic E-state index is 12.6. The molecule has 1 unspecified atom stereocenters. The summed E-state index contributed by atoms with van der Waals surface area (Å²) in [7, 11) is 0. The molecule has 16 heavy (non-hydrogen) atoms. The lowest BCUT2D eigenvalue weighted by atomic mass is 10.2. The summed E-state index contributed by atoms with van der Waals surface area (Å²) in [6, 6.07) is 4.07. The van der Waals surface area contributed by atoms with Crippen molar-refractivity contribution >= 4 is 17.6 Å². The molecule has 1 aromatic carbocycles. The average molecular weight is 255 g/mol. The van der Waals surface area contributed by atoms with Gasteiger partial charge in [-0.25, -0.2) is 9.18 Å². The predicted molar refractivity (Wildman–Crippen MR) is 49.7 cm³/mol. The van der Waals surface area contributed by atoms with E-state index in [0.717, 1.165) is 24.3 Å². The summed E-state index contributed by atoms with van der Waals surface area (Å²) in [5.74, 6) is -1.59. The highest BCUT2D eigenvalue weighted by Gasteiger charge is 2.42. The molecule has 1 atom stereocenters. The molecular formula is C9H6ClF3O3. The van der Waals surface area contributed by atoms with Crippen molar-refractivity contribution in [1.82, 2.24) is 0 Å². The first kappa shape index (κ1) is 12.6. The highest BCUT2D eigenvalue weighted by atomic mass is 35.5. The molecule has 0 radical (unpaired) electrons. The largest absolute Gasteiger partial charge is 0.478 e. The van der Waals surface area contributed by atoms with Crippen molar-refractivity contribution in [3.63, 3.8) is 0 Å². The van der Waals surface area contributed by atoms with Crippen LogP contribution in [0.3, 0.4) is 0 Å². The number of alkyl halides is 4. The fourth-order valence-electron chi connectivity index (χ4n) is 0.867. The van der Waals surface area contributed by atoms with E-state index in [9.17, 15) is 18.0 Å². The van der Waals surface area contributed by atoms with Gasteiger partial charge in [0.15, 0.2) is 0 Å². The summed E-state index contributed by atoms with van der Waals surface area (Å²) in [6.45, 7) is 0. The monoisotopic (exact) mass is 254 g/mol. The van der Waals surface area contributed by atoms with E-state index in [1.807, 2.05) is 0 Å². The number of carboxylic acid groups (broad SMARTS) is 1. The van der Waals surface area contributed by atoms with Crippen LogP contribution in [0, 0.1) is 0 Å². The van der Waals surface area contributed by atoms with Crippen LogP contribution in [0.5, 0.6) is 5.75 Å². The zero-order chi connectivity index (χ0) is 12.3. The molecule has 1 rings (SSSR count). The molecule has 1 N–H and O–H groups in total. The first-order chi connectivity index (χ1) is 7.33. The van der Waals surface area contributed by atoms with Crippen molar-refractivity contribution < 1.29 is 27.8 Å². The molecular weight excluding hydrogens is 249 g/mol. The van der Waals surface area contributed by atoms with Crippen LogP contribution in [0.15, 0.2) is 24.3 Å². The molecule has 0 spiro atoms. The molecule has 0 aliphatic carbocycles. The second kappa shape index (κ2) is 4.61. The summed E-state index contributed by atoms with van der Waals surface area (Å²) in [4.78, 5) is 10.4. The number of hydrogen-bond acceptors (Lipinski definition) is 2. The van der Waals surface area contributed by atoms with Crippen LogP contribution in [-0.2, 0) is 0 Å². The first-order valence-electron chi connectivity index (χ1n) is 4.01. The van der Waals surface area contributed by atoms with Crippen LogP contribution in [-0.4, -0.2) is 22.8 Å². The number of ether oxygens (including phenoxy) is 1.